The Bertz CT molecular complexity index is 658. The van der Waals surface area contributed by atoms with E-state index in [1.54, 1.807) is 6.20 Å². The maximum atomic E-state index is 6.21. The molecule has 6 heteroatoms. The summed E-state index contributed by atoms with van der Waals surface area (Å²) in [6, 6.07) is 4.38. The van der Waals surface area contributed by atoms with Gasteiger partial charge >= 0.3 is 0 Å². The Balaban J connectivity index is 1.35. The maximum Gasteiger partial charge on any atom is 0.122 e. The van der Waals surface area contributed by atoms with Crippen LogP contribution in [0.4, 0.5) is 5.69 Å². The number of aromatic nitrogens is 3. The van der Waals surface area contributed by atoms with Gasteiger partial charge in [-0.15, -0.1) is 0 Å². The summed E-state index contributed by atoms with van der Waals surface area (Å²) in [5.41, 5.74) is 1.08. The number of hydrogen-bond acceptors (Lipinski definition) is 5. The minimum atomic E-state index is 0.00500. The van der Waals surface area contributed by atoms with Gasteiger partial charge in [0.25, 0.3) is 0 Å². The van der Waals surface area contributed by atoms with Gasteiger partial charge in [0.05, 0.1) is 30.5 Å². The zero-order valence-electron chi connectivity index (χ0n) is 13.5. The Kier molecular flexibility index (Phi) is 3.79. The van der Waals surface area contributed by atoms with Crippen molar-refractivity contribution in [1.82, 2.24) is 19.4 Å². The minimum Gasteiger partial charge on any atom is -0.379 e. The van der Waals surface area contributed by atoms with Crippen LogP contribution in [0.25, 0.3) is 0 Å². The van der Waals surface area contributed by atoms with E-state index in [1.807, 2.05) is 31.7 Å². The number of ether oxygens (including phenoxy) is 1. The van der Waals surface area contributed by atoms with E-state index < -0.39 is 0 Å². The second-order valence-electron chi connectivity index (χ2n) is 6.70. The summed E-state index contributed by atoms with van der Waals surface area (Å²) in [7, 11) is 2.05. The van der Waals surface area contributed by atoms with E-state index in [9.17, 15) is 0 Å². The van der Waals surface area contributed by atoms with Crippen molar-refractivity contribution in [2.75, 3.05) is 25.0 Å². The molecule has 23 heavy (non-hydrogen) atoms. The van der Waals surface area contributed by atoms with Crippen molar-refractivity contribution in [3.8, 4) is 0 Å². The van der Waals surface area contributed by atoms with Gasteiger partial charge in [-0.2, -0.15) is 0 Å². The smallest absolute Gasteiger partial charge is 0.122 e. The molecule has 0 amide bonds. The van der Waals surface area contributed by atoms with Crippen LogP contribution in [-0.4, -0.2) is 50.8 Å². The van der Waals surface area contributed by atoms with Crippen LogP contribution in [0.1, 0.15) is 18.7 Å². The average molecular weight is 313 g/mol. The molecule has 0 aromatic carbocycles. The summed E-state index contributed by atoms with van der Waals surface area (Å²) >= 11 is 0. The molecule has 2 fully saturated rings. The van der Waals surface area contributed by atoms with Gasteiger partial charge in [0, 0.05) is 51.3 Å². The lowest BCUT2D eigenvalue weighted by Gasteiger charge is -2.23. The Morgan fingerprint density at radius 1 is 1.43 bits per heavy atom. The number of imidazole rings is 1. The third-order valence-corrected chi connectivity index (χ3v) is 4.92. The predicted molar refractivity (Wildman–Crippen MR) is 88.0 cm³/mol. The fourth-order valence-electron chi connectivity index (χ4n) is 3.72. The first-order valence-corrected chi connectivity index (χ1v) is 8.22. The minimum absolute atomic E-state index is 0.00500. The first-order valence-electron chi connectivity index (χ1n) is 8.22. The molecule has 2 aromatic rings. The standard InChI is InChI=1S/C17H23N5O/c1-21-8-6-19-16(21)11-22-7-4-17(13-22)9-15(12-23-17)20-14-3-2-5-18-10-14/h2-3,5-6,8,10,15,20H,4,7,9,11-13H2,1H3/t15-,17-/m1/s1. The molecule has 0 radical (unpaired) electrons. The largest absolute Gasteiger partial charge is 0.379 e. The number of nitrogens with one attached hydrogen (secondary N) is 1. The molecule has 122 valence electrons. The number of hydrogen-bond donors (Lipinski definition) is 1. The second kappa shape index (κ2) is 5.94. The zero-order chi connectivity index (χ0) is 15.7. The van der Waals surface area contributed by atoms with Crippen molar-refractivity contribution >= 4 is 5.69 Å². The SMILES string of the molecule is Cn1ccnc1CN1CC[C@@]2(C[C@@H](Nc3cccnc3)CO2)C1. The van der Waals surface area contributed by atoms with Crippen LogP contribution in [0.2, 0.25) is 0 Å². The van der Waals surface area contributed by atoms with Gasteiger partial charge in [0.2, 0.25) is 0 Å². The number of anilines is 1. The third-order valence-electron chi connectivity index (χ3n) is 4.92. The molecule has 0 bridgehead atoms. The summed E-state index contributed by atoms with van der Waals surface area (Å²) in [6.45, 7) is 3.73. The van der Waals surface area contributed by atoms with Crippen LogP contribution < -0.4 is 5.32 Å². The van der Waals surface area contributed by atoms with Gasteiger partial charge in [-0.05, 0) is 18.6 Å². The maximum absolute atomic E-state index is 6.21. The molecule has 2 atom stereocenters. The van der Waals surface area contributed by atoms with Crippen LogP contribution in [0.5, 0.6) is 0 Å². The zero-order valence-corrected chi connectivity index (χ0v) is 13.5. The lowest BCUT2D eigenvalue weighted by molar-refractivity contribution is 0.0117. The van der Waals surface area contributed by atoms with E-state index in [4.69, 9.17) is 4.74 Å². The molecule has 2 aromatic heterocycles. The van der Waals surface area contributed by atoms with Crippen molar-refractivity contribution in [1.29, 1.82) is 0 Å². The van der Waals surface area contributed by atoms with E-state index in [0.29, 0.717) is 6.04 Å². The Labute approximate surface area is 136 Å². The molecule has 4 rings (SSSR count). The fraction of sp³-hybridized carbons (Fsp3) is 0.529. The fourth-order valence-corrected chi connectivity index (χ4v) is 3.72. The van der Waals surface area contributed by atoms with E-state index in [0.717, 1.165) is 50.6 Å². The first-order chi connectivity index (χ1) is 11.2. The second-order valence-corrected chi connectivity index (χ2v) is 6.70. The van der Waals surface area contributed by atoms with Crippen LogP contribution in [0.3, 0.4) is 0 Å². The van der Waals surface area contributed by atoms with Gasteiger partial charge in [0.15, 0.2) is 0 Å². The van der Waals surface area contributed by atoms with Gasteiger partial charge in [-0.3, -0.25) is 9.88 Å². The highest BCUT2D eigenvalue weighted by Gasteiger charge is 2.45. The summed E-state index contributed by atoms with van der Waals surface area (Å²) < 4.78 is 8.30. The summed E-state index contributed by atoms with van der Waals surface area (Å²) in [5.74, 6) is 1.12. The molecule has 0 unspecified atom stereocenters. The molecule has 4 heterocycles. The number of likely N-dealkylation sites (tertiary alicyclic amines) is 1. The summed E-state index contributed by atoms with van der Waals surface area (Å²) in [5, 5.41) is 3.54. The van der Waals surface area contributed by atoms with Crippen molar-refractivity contribution in [3.63, 3.8) is 0 Å². The predicted octanol–water partition coefficient (Wildman–Crippen LogP) is 1.66. The van der Waals surface area contributed by atoms with Crippen LogP contribution >= 0.6 is 0 Å². The number of pyridine rings is 1. The van der Waals surface area contributed by atoms with E-state index >= 15 is 0 Å². The highest BCUT2D eigenvalue weighted by molar-refractivity contribution is 5.41. The highest BCUT2D eigenvalue weighted by atomic mass is 16.5. The van der Waals surface area contributed by atoms with Gasteiger partial charge in [-0.1, -0.05) is 0 Å². The molecule has 0 saturated carbocycles. The number of aryl methyl sites for hydroxylation is 1. The highest BCUT2D eigenvalue weighted by Crippen LogP contribution is 2.36. The average Bonchev–Trinajstić information content (AvgIpc) is 3.25. The molecule has 2 saturated heterocycles. The quantitative estimate of drug-likeness (QED) is 0.930. The van der Waals surface area contributed by atoms with Gasteiger partial charge in [-0.25, -0.2) is 4.98 Å². The van der Waals surface area contributed by atoms with Gasteiger partial charge < -0.3 is 14.6 Å². The monoisotopic (exact) mass is 313 g/mol. The Morgan fingerprint density at radius 3 is 3.17 bits per heavy atom. The lowest BCUT2D eigenvalue weighted by Crippen LogP contribution is -2.33. The van der Waals surface area contributed by atoms with Crippen LogP contribution in [-0.2, 0) is 18.3 Å². The molecule has 2 aliphatic rings. The third kappa shape index (κ3) is 3.09. The summed E-state index contributed by atoms with van der Waals surface area (Å²) in [4.78, 5) is 11.0. The Morgan fingerprint density at radius 2 is 2.39 bits per heavy atom. The summed E-state index contributed by atoms with van der Waals surface area (Å²) in [6.07, 6.45) is 9.68. The van der Waals surface area contributed by atoms with Crippen molar-refractivity contribution in [3.05, 3.63) is 42.7 Å². The molecule has 1 spiro atoms. The normalized spacial score (nSPS) is 27.8. The topological polar surface area (TPSA) is 55.2 Å². The van der Waals surface area contributed by atoms with Crippen molar-refractivity contribution in [2.24, 2.45) is 7.05 Å². The van der Waals surface area contributed by atoms with Crippen LogP contribution in [0, 0.1) is 0 Å². The molecular formula is C17H23N5O. The molecular weight excluding hydrogens is 290 g/mol. The molecule has 0 aliphatic carbocycles. The molecule has 2 aliphatic heterocycles. The van der Waals surface area contributed by atoms with Crippen molar-refractivity contribution in [2.45, 2.75) is 31.0 Å². The Hall–Kier alpha value is -1.92. The lowest BCUT2D eigenvalue weighted by atomic mass is 9.97. The van der Waals surface area contributed by atoms with Crippen molar-refractivity contribution < 1.29 is 4.74 Å². The number of rotatable bonds is 4. The van der Waals surface area contributed by atoms with E-state index in [2.05, 4.69) is 30.8 Å². The van der Waals surface area contributed by atoms with E-state index in [-0.39, 0.29) is 5.60 Å². The van der Waals surface area contributed by atoms with E-state index in [1.165, 1.54) is 0 Å². The number of nitrogens with zero attached hydrogens (tertiary/aromatic N) is 4. The first kappa shape index (κ1) is 14.7. The molecule has 1 N–H and O–H groups in total. The molecule has 6 nitrogen and oxygen atoms in total. The van der Waals surface area contributed by atoms with Gasteiger partial charge in [0.1, 0.15) is 5.82 Å². The van der Waals surface area contributed by atoms with Crippen LogP contribution in [0.15, 0.2) is 36.9 Å².